The summed E-state index contributed by atoms with van der Waals surface area (Å²) in [4.78, 5) is -0.0527. The van der Waals surface area contributed by atoms with Gasteiger partial charge in [-0.15, -0.1) is 0 Å². The van der Waals surface area contributed by atoms with Crippen LogP contribution < -0.4 is 10.1 Å². The smallest absolute Gasteiger partial charge is 0.244 e. The first kappa shape index (κ1) is 23.6. The first-order chi connectivity index (χ1) is 15.2. The van der Waals surface area contributed by atoms with E-state index in [1.807, 2.05) is 6.07 Å². The lowest BCUT2D eigenvalue weighted by atomic mass is 9.82. The summed E-state index contributed by atoms with van der Waals surface area (Å²) in [6, 6.07) is 13.6. The van der Waals surface area contributed by atoms with Gasteiger partial charge in [-0.05, 0) is 31.2 Å². The van der Waals surface area contributed by atoms with Gasteiger partial charge in [0.25, 0.3) is 0 Å². The molecule has 1 heterocycles. The van der Waals surface area contributed by atoms with Crippen molar-refractivity contribution in [3.8, 4) is 17.9 Å². The van der Waals surface area contributed by atoms with Crippen LogP contribution in [0, 0.1) is 33.9 Å². The molecular weight excluding hydrogens is 435 g/mol. The minimum Gasteiger partial charge on any atom is -0.493 e. The highest BCUT2D eigenvalue weighted by Crippen LogP contribution is 2.36. The zero-order valence-corrected chi connectivity index (χ0v) is 18.3. The van der Waals surface area contributed by atoms with Gasteiger partial charge in [0.2, 0.25) is 10.0 Å². The summed E-state index contributed by atoms with van der Waals surface area (Å²) >= 11 is 0. The van der Waals surface area contributed by atoms with Crippen LogP contribution in [0.5, 0.6) is 5.75 Å². The molecule has 1 atom stereocenters. The molecule has 168 valence electrons. The highest BCUT2D eigenvalue weighted by molar-refractivity contribution is 7.89. The molecule has 1 saturated heterocycles. The molecule has 1 aliphatic heterocycles. The molecule has 10 heteroatoms. The summed E-state index contributed by atoms with van der Waals surface area (Å²) in [5.74, 6) is -0.468. The summed E-state index contributed by atoms with van der Waals surface area (Å²) in [5, 5.41) is 30.7. The number of benzene rings is 2. The molecule has 2 N–H and O–H groups in total. The predicted octanol–water partition coefficient (Wildman–Crippen LogP) is 1.61. The van der Waals surface area contributed by atoms with Crippen molar-refractivity contribution in [3.63, 3.8) is 0 Å². The van der Waals surface area contributed by atoms with Crippen LogP contribution in [0.2, 0.25) is 0 Å². The fraction of sp³-hybridized carbons (Fsp3) is 0.364. The molecule has 8 nitrogen and oxygen atoms in total. The van der Waals surface area contributed by atoms with E-state index >= 15 is 0 Å². The van der Waals surface area contributed by atoms with E-state index in [1.54, 1.807) is 25.1 Å². The molecule has 2 aromatic carbocycles. The van der Waals surface area contributed by atoms with Crippen LogP contribution in [0.25, 0.3) is 0 Å². The third-order valence-electron chi connectivity index (χ3n) is 5.19. The maximum atomic E-state index is 13.9. The van der Waals surface area contributed by atoms with Crippen molar-refractivity contribution >= 4 is 10.0 Å². The van der Waals surface area contributed by atoms with E-state index in [4.69, 9.17) is 10.00 Å². The summed E-state index contributed by atoms with van der Waals surface area (Å²) in [5.41, 5.74) is -0.641. The Hall–Kier alpha value is -3.02. The number of aliphatic hydroxyl groups excluding tert-OH is 1. The molecule has 1 unspecified atom stereocenters. The molecule has 0 spiro atoms. The summed E-state index contributed by atoms with van der Waals surface area (Å²) < 4.78 is 47.0. The highest BCUT2D eigenvalue weighted by Gasteiger charge is 2.49. The monoisotopic (exact) mass is 458 g/mol. The Morgan fingerprint density at radius 2 is 1.91 bits per heavy atom. The number of hydrogen-bond acceptors (Lipinski definition) is 7. The van der Waals surface area contributed by atoms with Crippen LogP contribution in [0.15, 0.2) is 47.4 Å². The lowest BCUT2D eigenvalue weighted by Gasteiger charge is -2.49. The fourth-order valence-corrected chi connectivity index (χ4v) is 5.32. The van der Waals surface area contributed by atoms with Crippen molar-refractivity contribution in [1.82, 2.24) is 9.62 Å². The molecule has 0 aliphatic carbocycles. The van der Waals surface area contributed by atoms with Crippen molar-refractivity contribution in [1.29, 1.82) is 10.5 Å². The molecule has 0 aromatic heterocycles. The number of aliphatic hydroxyl groups is 1. The molecular formula is C22H23FN4O4S. The van der Waals surface area contributed by atoms with Crippen molar-refractivity contribution < 1.29 is 22.7 Å². The molecule has 2 aromatic rings. The van der Waals surface area contributed by atoms with Gasteiger partial charge in [-0.2, -0.15) is 14.8 Å². The van der Waals surface area contributed by atoms with Crippen LogP contribution in [0.4, 0.5) is 4.39 Å². The van der Waals surface area contributed by atoms with E-state index in [-0.39, 0.29) is 41.5 Å². The average Bonchev–Trinajstić information content (AvgIpc) is 2.74. The summed E-state index contributed by atoms with van der Waals surface area (Å²) in [6.45, 7) is 2.66. The van der Waals surface area contributed by atoms with Crippen molar-refractivity contribution in [3.05, 3.63) is 59.4 Å². The van der Waals surface area contributed by atoms with Gasteiger partial charge in [-0.25, -0.2) is 12.8 Å². The van der Waals surface area contributed by atoms with Crippen LogP contribution >= 0.6 is 0 Å². The zero-order chi connectivity index (χ0) is 23.4. The Bertz CT molecular complexity index is 1170. The van der Waals surface area contributed by atoms with Crippen molar-refractivity contribution in [2.45, 2.75) is 17.9 Å². The fourth-order valence-electron chi connectivity index (χ4n) is 3.51. The van der Waals surface area contributed by atoms with Gasteiger partial charge in [-0.1, -0.05) is 12.1 Å². The lowest BCUT2D eigenvalue weighted by molar-refractivity contribution is 0.0172. The van der Waals surface area contributed by atoms with E-state index in [1.165, 1.54) is 28.6 Å². The molecule has 0 bridgehead atoms. The lowest BCUT2D eigenvalue weighted by Crippen LogP contribution is -2.64. The van der Waals surface area contributed by atoms with Gasteiger partial charge in [0.1, 0.15) is 23.7 Å². The second-order valence-corrected chi connectivity index (χ2v) is 9.81. The maximum absolute atomic E-state index is 13.9. The number of hydrogen-bond donors (Lipinski definition) is 2. The van der Waals surface area contributed by atoms with E-state index in [2.05, 4.69) is 5.32 Å². The SMILES string of the molecule is CC(O)CNCC1(COc2ccc(C#N)c(F)c2)CN(S(=O)(=O)c2ccccc2C#N)C1. The van der Waals surface area contributed by atoms with E-state index in [0.717, 1.165) is 6.07 Å². The Labute approximate surface area is 186 Å². The first-order valence-corrected chi connectivity index (χ1v) is 11.4. The van der Waals surface area contributed by atoms with Crippen LogP contribution in [-0.4, -0.2) is 56.7 Å². The van der Waals surface area contributed by atoms with Crippen LogP contribution in [-0.2, 0) is 10.0 Å². The van der Waals surface area contributed by atoms with Crippen molar-refractivity contribution in [2.24, 2.45) is 5.41 Å². The Balaban J connectivity index is 1.75. The minimum absolute atomic E-state index is 0.0527. The standard InChI is InChI=1S/C22H23FN4O4S/c1-16(28)11-26-12-22(15-31-19-7-6-17(9-24)20(23)8-19)13-27(14-22)32(29,30)21-5-3-2-4-18(21)10-25/h2-8,16,26,28H,11-15H2,1H3. The molecule has 0 amide bonds. The molecule has 0 saturated carbocycles. The zero-order valence-electron chi connectivity index (χ0n) is 17.5. The largest absolute Gasteiger partial charge is 0.493 e. The number of ether oxygens (including phenoxy) is 1. The molecule has 1 aliphatic rings. The van der Waals surface area contributed by atoms with E-state index in [0.29, 0.717) is 13.1 Å². The predicted molar refractivity (Wildman–Crippen MR) is 114 cm³/mol. The minimum atomic E-state index is -3.87. The molecule has 1 fully saturated rings. The van der Waals surface area contributed by atoms with Gasteiger partial charge in [0.05, 0.1) is 28.7 Å². The summed E-state index contributed by atoms with van der Waals surface area (Å²) in [7, 11) is -3.87. The number of nitrogens with zero attached hydrogens (tertiary/aromatic N) is 3. The van der Waals surface area contributed by atoms with Crippen LogP contribution in [0.3, 0.4) is 0 Å². The molecule has 32 heavy (non-hydrogen) atoms. The number of nitrogens with one attached hydrogen (secondary N) is 1. The van der Waals surface area contributed by atoms with E-state index in [9.17, 15) is 23.2 Å². The average molecular weight is 459 g/mol. The third kappa shape index (κ3) is 5.06. The second kappa shape index (κ2) is 9.63. The van der Waals surface area contributed by atoms with Crippen LogP contribution in [0.1, 0.15) is 18.1 Å². The van der Waals surface area contributed by atoms with Gasteiger partial charge in [0.15, 0.2) is 0 Å². The topological polar surface area (TPSA) is 126 Å². The number of sulfonamides is 1. The van der Waals surface area contributed by atoms with Gasteiger partial charge >= 0.3 is 0 Å². The maximum Gasteiger partial charge on any atom is 0.244 e. The Kier molecular flexibility index (Phi) is 7.12. The van der Waals surface area contributed by atoms with Gasteiger partial charge in [0, 0.05) is 37.7 Å². The van der Waals surface area contributed by atoms with Gasteiger partial charge in [-0.3, -0.25) is 0 Å². The quantitative estimate of drug-likeness (QED) is 0.584. The number of nitriles is 2. The van der Waals surface area contributed by atoms with E-state index < -0.39 is 27.4 Å². The highest BCUT2D eigenvalue weighted by atomic mass is 32.2. The molecule has 0 radical (unpaired) electrons. The van der Waals surface area contributed by atoms with Gasteiger partial charge < -0.3 is 15.2 Å². The third-order valence-corrected chi connectivity index (χ3v) is 7.04. The first-order valence-electron chi connectivity index (χ1n) is 9.91. The molecule has 3 rings (SSSR count). The number of rotatable bonds is 9. The Morgan fingerprint density at radius 3 is 2.53 bits per heavy atom. The Morgan fingerprint density at radius 1 is 1.22 bits per heavy atom. The number of halogens is 1. The normalized spacial score (nSPS) is 16.4. The second-order valence-electron chi connectivity index (χ2n) is 7.90. The van der Waals surface area contributed by atoms with Crippen molar-refractivity contribution in [2.75, 3.05) is 32.8 Å². The summed E-state index contributed by atoms with van der Waals surface area (Å²) in [6.07, 6.45) is -0.581.